The van der Waals surface area contributed by atoms with Gasteiger partial charge in [0, 0.05) is 19.2 Å². The largest absolute Gasteiger partial charge is 0.507 e. The molecule has 1 heterocycles. The van der Waals surface area contributed by atoms with E-state index in [-0.39, 0.29) is 24.5 Å². The van der Waals surface area contributed by atoms with Gasteiger partial charge in [0.1, 0.15) is 11.5 Å². The first-order valence-electron chi connectivity index (χ1n) is 11.5. The van der Waals surface area contributed by atoms with Crippen LogP contribution in [0.1, 0.15) is 36.6 Å². The molecule has 0 spiro atoms. The number of hydrogen-bond acceptors (Lipinski definition) is 7. The van der Waals surface area contributed by atoms with Crippen molar-refractivity contribution in [2.75, 3.05) is 41.1 Å². The summed E-state index contributed by atoms with van der Waals surface area (Å²) in [4.78, 5) is 27.6. The highest BCUT2D eigenvalue weighted by Crippen LogP contribution is 2.42. The number of aliphatic hydroxyl groups is 1. The molecule has 1 N–H and O–H groups in total. The second kappa shape index (κ2) is 11.3. The summed E-state index contributed by atoms with van der Waals surface area (Å²) in [5.41, 5.74) is 1.85. The number of nitrogens with zero attached hydrogens (tertiary/aromatic N) is 1. The highest BCUT2D eigenvalue weighted by molar-refractivity contribution is 6.46. The Hall–Kier alpha value is -3.52. The zero-order valence-electron chi connectivity index (χ0n) is 21.1. The lowest BCUT2D eigenvalue weighted by atomic mass is 9.94. The SMILES string of the molecule is COCCN1C(=O)C(=O)C(=C(O)c2ccc(OCC(C)C)c(C)c2)C1c1ccc(OC)c(OC)c1. The molecule has 0 bridgehead atoms. The van der Waals surface area contributed by atoms with Gasteiger partial charge in [0.25, 0.3) is 11.7 Å². The first-order chi connectivity index (χ1) is 16.7. The van der Waals surface area contributed by atoms with E-state index in [1.807, 2.05) is 6.92 Å². The van der Waals surface area contributed by atoms with Crippen LogP contribution in [0.5, 0.6) is 17.2 Å². The molecule has 1 aliphatic heterocycles. The number of rotatable bonds is 10. The first-order valence-corrected chi connectivity index (χ1v) is 11.5. The van der Waals surface area contributed by atoms with Gasteiger partial charge in [-0.05, 0) is 54.3 Å². The van der Waals surface area contributed by atoms with E-state index in [1.54, 1.807) is 36.4 Å². The van der Waals surface area contributed by atoms with Crippen LogP contribution in [0.4, 0.5) is 0 Å². The lowest BCUT2D eigenvalue weighted by molar-refractivity contribution is -0.140. The molecule has 1 atom stereocenters. The molecule has 1 aliphatic rings. The number of amides is 1. The molecule has 188 valence electrons. The summed E-state index contributed by atoms with van der Waals surface area (Å²) in [5, 5.41) is 11.3. The molecule has 0 aliphatic carbocycles. The predicted molar refractivity (Wildman–Crippen MR) is 132 cm³/mol. The number of carbonyl (C=O) groups is 2. The number of methoxy groups -OCH3 is 3. The molecular formula is C27H33NO7. The van der Waals surface area contributed by atoms with Crippen LogP contribution in [-0.4, -0.2) is 62.8 Å². The number of likely N-dealkylation sites (tertiary alicyclic amines) is 1. The smallest absolute Gasteiger partial charge is 0.295 e. The van der Waals surface area contributed by atoms with Crippen molar-refractivity contribution in [2.24, 2.45) is 5.92 Å². The minimum atomic E-state index is -0.817. The van der Waals surface area contributed by atoms with Gasteiger partial charge < -0.3 is 29.0 Å². The minimum Gasteiger partial charge on any atom is -0.507 e. The number of aryl methyl sites for hydroxylation is 1. The van der Waals surface area contributed by atoms with Crippen LogP contribution in [0.25, 0.3) is 5.76 Å². The zero-order valence-corrected chi connectivity index (χ0v) is 21.1. The molecule has 35 heavy (non-hydrogen) atoms. The van der Waals surface area contributed by atoms with Crippen LogP contribution in [0.2, 0.25) is 0 Å². The molecule has 2 aromatic carbocycles. The Labute approximate surface area is 206 Å². The first kappa shape index (κ1) is 26.1. The lowest BCUT2D eigenvalue weighted by Gasteiger charge is -2.25. The fourth-order valence-corrected chi connectivity index (χ4v) is 4.04. The molecule has 3 rings (SSSR count). The topological polar surface area (TPSA) is 94.5 Å². The molecule has 8 heteroatoms. The van der Waals surface area contributed by atoms with Crippen molar-refractivity contribution in [3.8, 4) is 17.2 Å². The van der Waals surface area contributed by atoms with Crippen molar-refractivity contribution in [1.29, 1.82) is 0 Å². The van der Waals surface area contributed by atoms with Gasteiger partial charge in [-0.15, -0.1) is 0 Å². The van der Waals surface area contributed by atoms with E-state index in [1.165, 1.54) is 26.2 Å². The molecule has 0 saturated carbocycles. The van der Waals surface area contributed by atoms with Gasteiger partial charge in [-0.2, -0.15) is 0 Å². The minimum absolute atomic E-state index is 0.00794. The quantitative estimate of drug-likeness (QED) is 0.309. The van der Waals surface area contributed by atoms with Crippen molar-refractivity contribution in [3.05, 3.63) is 58.7 Å². The Morgan fingerprint density at radius 3 is 2.29 bits per heavy atom. The third-order valence-corrected chi connectivity index (χ3v) is 5.82. The number of ketones is 1. The maximum Gasteiger partial charge on any atom is 0.295 e. The van der Waals surface area contributed by atoms with E-state index in [9.17, 15) is 14.7 Å². The maximum atomic E-state index is 13.2. The summed E-state index contributed by atoms with van der Waals surface area (Å²) in [6.45, 7) is 6.97. The van der Waals surface area contributed by atoms with Crippen LogP contribution in [0, 0.1) is 12.8 Å². The van der Waals surface area contributed by atoms with Crippen LogP contribution in [-0.2, 0) is 14.3 Å². The van der Waals surface area contributed by atoms with E-state index in [0.29, 0.717) is 40.9 Å². The lowest BCUT2D eigenvalue weighted by Crippen LogP contribution is -2.32. The molecule has 8 nitrogen and oxygen atoms in total. The van der Waals surface area contributed by atoms with E-state index >= 15 is 0 Å². The molecule has 1 amide bonds. The second-order valence-corrected chi connectivity index (χ2v) is 8.78. The molecule has 0 radical (unpaired) electrons. The van der Waals surface area contributed by atoms with E-state index in [2.05, 4.69) is 13.8 Å². The second-order valence-electron chi connectivity index (χ2n) is 8.78. The van der Waals surface area contributed by atoms with E-state index < -0.39 is 17.7 Å². The van der Waals surface area contributed by atoms with Crippen molar-refractivity contribution in [1.82, 2.24) is 4.90 Å². The highest BCUT2D eigenvalue weighted by Gasteiger charge is 2.46. The Kier molecular flexibility index (Phi) is 8.40. The van der Waals surface area contributed by atoms with Gasteiger partial charge >= 0.3 is 0 Å². The van der Waals surface area contributed by atoms with E-state index in [0.717, 1.165) is 5.56 Å². The normalized spacial score (nSPS) is 17.2. The molecule has 2 aromatic rings. The summed E-state index contributed by atoms with van der Waals surface area (Å²) in [6, 6.07) is 9.54. The molecular weight excluding hydrogens is 450 g/mol. The van der Waals surface area contributed by atoms with Gasteiger partial charge in [0.15, 0.2) is 11.5 Å². The number of Topliss-reactive ketones (excluding diaryl/α,β-unsaturated/α-hetero) is 1. The van der Waals surface area contributed by atoms with Gasteiger partial charge in [0.05, 0.1) is 39.0 Å². The Morgan fingerprint density at radius 1 is 1.00 bits per heavy atom. The fraction of sp³-hybridized carbons (Fsp3) is 0.407. The summed E-state index contributed by atoms with van der Waals surface area (Å²) in [5.74, 6) is 0.330. The van der Waals surface area contributed by atoms with Crippen LogP contribution < -0.4 is 14.2 Å². The monoisotopic (exact) mass is 483 g/mol. The van der Waals surface area contributed by atoms with Crippen LogP contribution >= 0.6 is 0 Å². The Bertz CT molecular complexity index is 1120. The third kappa shape index (κ3) is 5.43. The van der Waals surface area contributed by atoms with Gasteiger partial charge in [-0.25, -0.2) is 0 Å². The molecule has 1 fully saturated rings. The van der Waals surface area contributed by atoms with Gasteiger partial charge in [-0.1, -0.05) is 19.9 Å². The number of benzene rings is 2. The zero-order chi connectivity index (χ0) is 25.7. The van der Waals surface area contributed by atoms with Crippen molar-refractivity contribution in [2.45, 2.75) is 26.8 Å². The van der Waals surface area contributed by atoms with Gasteiger partial charge in [-0.3, -0.25) is 9.59 Å². The Morgan fingerprint density at radius 2 is 1.69 bits per heavy atom. The summed E-state index contributed by atoms with van der Waals surface area (Å²) < 4.78 is 21.7. The van der Waals surface area contributed by atoms with Gasteiger partial charge in [0.2, 0.25) is 0 Å². The van der Waals surface area contributed by atoms with E-state index in [4.69, 9.17) is 18.9 Å². The number of carbonyl (C=O) groups excluding carboxylic acids is 2. The average molecular weight is 484 g/mol. The molecule has 0 aromatic heterocycles. The summed E-state index contributed by atoms with van der Waals surface area (Å²) in [7, 11) is 4.56. The maximum absolute atomic E-state index is 13.2. The van der Waals surface area contributed by atoms with Crippen molar-refractivity contribution >= 4 is 17.4 Å². The number of ether oxygens (including phenoxy) is 4. The fourth-order valence-electron chi connectivity index (χ4n) is 4.04. The summed E-state index contributed by atoms with van der Waals surface area (Å²) >= 11 is 0. The number of aliphatic hydroxyl groups excluding tert-OH is 1. The number of hydrogen-bond donors (Lipinski definition) is 1. The van der Waals surface area contributed by atoms with Crippen molar-refractivity contribution < 1.29 is 33.6 Å². The summed E-state index contributed by atoms with van der Waals surface area (Å²) in [6.07, 6.45) is 0. The van der Waals surface area contributed by atoms with Crippen molar-refractivity contribution in [3.63, 3.8) is 0 Å². The Balaban J connectivity index is 2.12. The standard InChI is InChI=1S/C27H33NO7/c1-16(2)15-35-20-9-8-19(13-17(20)3)25(29)23-24(28(11-12-32-4)27(31)26(23)30)18-7-10-21(33-5)22(14-18)34-6/h7-10,13-14,16,24,29H,11-12,15H2,1-6H3. The average Bonchev–Trinajstić information content (AvgIpc) is 3.10. The third-order valence-electron chi connectivity index (χ3n) is 5.82. The predicted octanol–water partition coefficient (Wildman–Crippen LogP) is 4.12. The van der Waals surface area contributed by atoms with Crippen LogP contribution in [0.3, 0.4) is 0 Å². The highest BCUT2D eigenvalue weighted by atomic mass is 16.5. The molecule has 1 saturated heterocycles. The van der Waals surface area contributed by atoms with Crippen LogP contribution in [0.15, 0.2) is 42.0 Å². The molecule has 1 unspecified atom stereocenters.